The number of hydrogen-bond acceptors (Lipinski definition) is 2. The largest absolute Gasteiger partial charge is 0.497 e. The molecular formula is C20H17NO2. The Morgan fingerprint density at radius 2 is 1.43 bits per heavy atom. The average Bonchev–Trinajstić information content (AvgIpc) is 2.97. The minimum atomic E-state index is 0.570. The summed E-state index contributed by atoms with van der Waals surface area (Å²) in [5, 5.41) is 2.38. The monoisotopic (exact) mass is 303 g/mol. The lowest BCUT2D eigenvalue weighted by molar-refractivity contribution is 0.306. The molecular weight excluding hydrogens is 286 g/mol. The van der Waals surface area contributed by atoms with Gasteiger partial charge in [-0.15, -0.1) is 0 Å². The highest BCUT2D eigenvalue weighted by Crippen LogP contribution is 2.30. The summed E-state index contributed by atoms with van der Waals surface area (Å²) in [6.07, 6.45) is 0. The van der Waals surface area contributed by atoms with Crippen LogP contribution in [0.4, 0.5) is 0 Å². The second-order valence-electron chi connectivity index (χ2n) is 5.52. The van der Waals surface area contributed by atoms with Gasteiger partial charge in [-0.2, -0.15) is 0 Å². The van der Waals surface area contributed by atoms with Crippen LogP contribution in [0.5, 0.6) is 11.5 Å². The topological polar surface area (TPSA) is 34.2 Å². The highest BCUT2D eigenvalue weighted by Gasteiger charge is 2.06. The zero-order valence-corrected chi connectivity index (χ0v) is 12.9. The van der Waals surface area contributed by atoms with Gasteiger partial charge in [0.05, 0.1) is 18.1 Å². The molecule has 0 bridgehead atoms. The lowest BCUT2D eigenvalue weighted by Gasteiger charge is -2.06. The van der Waals surface area contributed by atoms with E-state index in [1.807, 2.05) is 42.5 Å². The van der Waals surface area contributed by atoms with Crippen LogP contribution in [-0.2, 0) is 6.61 Å². The zero-order chi connectivity index (χ0) is 15.6. The van der Waals surface area contributed by atoms with Crippen molar-refractivity contribution in [3.63, 3.8) is 0 Å². The van der Waals surface area contributed by atoms with Gasteiger partial charge in [-0.1, -0.05) is 30.3 Å². The first-order valence-corrected chi connectivity index (χ1v) is 7.60. The number of nitrogens with one attached hydrogen (secondary N) is 1. The van der Waals surface area contributed by atoms with Crippen LogP contribution in [-0.4, -0.2) is 12.1 Å². The van der Waals surface area contributed by atoms with E-state index in [1.165, 1.54) is 10.8 Å². The van der Waals surface area contributed by atoms with Gasteiger partial charge in [-0.05, 0) is 29.8 Å². The third kappa shape index (κ3) is 2.61. The number of ether oxygens (including phenoxy) is 2. The Morgan fingerprint density at radius 1 is 0.783 bits per heavy atom. The lowest BCUT2D eigenvalue weighted by Crippen LogP contribution is -1.94. The molecule has 3 heteroatoms. The van der Waals surface area contributed by atoms with Crippen molar-refractivity contribution in [2.45, 2.75) is 6.61 Å². The maximum atomic E-state index is 5.90. The van der Waals surface area contributed by atoms with E-state index in [0.29, 0.717) is 6.61 Å². The molecule has 4 aromatic rings. The molecule has 23 heavy (non-hydrogen) atoms. The lowest BCUT2D eigenvalue weighted by atomic mass is 10.1. The van der Waals surface area contributed by atoms with E-state index in [2.05, 4.69) is 29.2 Å². The first kappa shape index (κ1) is 13.7. The highest BCUT2D eigenvalue weighted by atomic mass is 16.5. The molecule has 0 aliphatic rings. The van der Waals surface area contributed by atoms with Crippen LogP contribution in [0.15, 0.2) is 66.7 Å². The molecule has 0 spiro atoms. The summed E-state index contributed by atoms with van der Waals surface area (Å²) in [7, 11) is 1.68. The fraction of sp³-hybridized carbons (Fsp3) is 0.100. The summed E-state index contributed by atoms with van der Waals surface area (Å²) in [5.41, 5.74) is 3.30. The quantitative estimate of drug-likeness (QED) is 0.581. The third-order valence-electron chi connectivity index (χ3n) is 4.03. The number of aromatic nitrogens is 1. The second-order valence-corrected chi connectivity index (χ2v) is 5.52. The molecule has 1 aromatic heterocycles. The standard InChI is InChI=1S/C20H17NO2/c1-22-15-7-9-17-18-10-8-16(12-20(18)21-19(17)11-15)23-13-14-5-3-2-4-6-14/h2-12,21H,13H2,1H3. The first-order chi connectivity index (χ1) is 11.3. The Bertz CT molecular complexity index is 957. The fourth-order valence-corrected chi connectivity index (χ4v) is 2.83. The second kappa shape index (κ2) is 5.69. The van der Waals surface area contributed by atoms with Gasteiger partial charge >= 0.3 is 0 Å². The Kier molecular flexibility index (Phi) is 3.39. The van der Waals surface area contributed by atoms with Gasteiger partial charge in [-0.3, -0.25) is 0 Å². The molecule has 4 rings (SSSR count). The van der Waals surface area contributed by atoms with Crippen molar-refractivity contribution >= 4 is 21.8 Å². The molecule has 3 nitrogen and oxygen atoms in total. The summed E-state index contributed by atoms with van der Waals surface area (Å²) < 4.78 is 11.2. The van der Waals surface area contributed by atoms with E-state index in [4.69, 9.17) is 9.47 Å². The average molecular weight is 303 g/mol. The molecule has 0 radical (unpaired) electrons. The normalized spacial score (nSPS) is 11.0. The van der Waals surface area contributed by atoms with Crippen molar-refractivity contribution in [2.24, 2.45) is 0 Å². The molecule has 0 aliphatic heterocycles. The smallest absolute Gasteiger partial charge is 0.121 e. The van der Waals surface area contributed by atoms with Crippen molar-refractivity contribution in [1.82, 2.24) is 4.98 Å². The number of fused-ring (bicyclic) bond motifs is 3. The Hall–Kier alpha value is -2.94. The predicted octanol–water partition coefficient (Wildman–Crippen LogP) is 4.91. The van der Waals surface area contributed by atoms with Gasteiger partial charge in [0.15, 0.2) is 0 Å². The molecule has 0 saturated carbocycles. The Labute approximate surface area is 134 Å². The van der Waals surface area contributed by atoms with Crippen LogP contribution in [0.25, 0.3) is 21.8 Å². The summed E-state index contributed by atoms with van der Waals surface area (Å²) in [6, 6.07) is 22.4. The van der Waals surface area contributed by atoms with E-state index in [1.54, 1.807) is 7.11 Å². The van der Waals surface area contributed by atoms with Gasteiger partial charge in [0.1, 0.15) is 18.1 Å². The van der Waals surface area contributed by atoms with Crippen molar-refractivity contribution < 1.29 is 9.47 Å². The number of hydrogen-bond donors (Lipinski definition) is 1. The molecule has 0 atom stereocenters. The van der Waals surface area contributed by atoms with Crippen LogP contribution in [0.1, 0.15) is 5.56 Å². The van der Waals surface area contributed by atoms with Gasteiger partial charge < -0.3 is 14.5 Å². The van der Waals surface area contributed by atoms with Gasteiger partial charge in [0.25, 0.3) is 0 Å². The Morgan fingerprint density at radius 3 is 2.13 bits per heavy atom. The molecule has 0 saturated heterocycles. The minimum Gasteiger partial charge on any atom is -0.497 e. The Balaban J connectivity index is 1.66. The van der Waals surface area contributed by atoms with Crippen molar-refractivity contribution in [3.8, 4) is 11.5 Å². The van der Waals surface area contributed by atoms with Crippen LogP contribution >= 0.6 is 0 Å². The minimum absolute atomic E-state index is 0.570. The van der Waals surface area contributed by atoms with Crippen LogP contribution in [0, 0.1) is 0 Å². The molecule has 0 amide bonds. The van der Waals surface area contributed by atoms with Crippen LogP contribution < -0.4 is 9.47 Å². The fourth-order valence-electron chi connectivity index (χ4n) is 2.83. The number of H-pyrrole nitrogens is 1. The molecule has 0 unspecified atom stereocenters. The molecule has 3 aromatic carbocycles. The maximum Gasteiger partial charge on any atom is 0.121 e. The van der Waals surface area contributed by atoms with E-state index in [0.717, 1.165) is 28.1 Å². The molecule has 0 fully saturated rings. The van der Waals surface area contributed by atoms with E-state index in [9.17, 15) is 0 Å². The van der Waals surface area contributed by atoms with Gasteiger partial charge in [0, 0.05) is 22.9 Å². The van der Waals surface area contributed by atoms with Crippen LogP contribution in [0.3, 0.4) is 0 Å². The predicted molar refractivity (Wildman–Crippen MR) is 93.1 cm³/mol. The third-order valence-corrected chi connectivity index (χ3v) is 4.03. The van der Waals surface area contributed by atoms with Crippen molar-refractivity contribution in [3.05, 3.63) is 72.3 Å². The summed E-state index contributed by atoms with van der Waals surface area (Å²) >= 11 is 0. The molecule has 1 N–H and O–H groups in total. The summed E-state index contributed by atoms with van der Waals surface area (Å²) in [5.74, 6) is 1.71. The summed E-state index contributed by atoms with van der Waals surface area (Å²) in [6.45, 7) is 0.570. The van der Waals surface area contributed by atoms with E-state index in [-0.39, 0.29) is 0 Å². The van der Waals surface area contributed by atoms with E-state index >= 15 is 0 Å². The number of rotatable bonds is 4. The molecule has 0 aliphatic carbocycles. The van der Waals surface area contributed by atoms with Crippen molar-refractivity contribution in [2.75, 3.05) is 7.11 Å². The zero-order valence-electron chi connectivity index (χ0n) is 12.9. The molecule has 1 heterocycles. The maximum absolute atomic E-state index is 5.90. The van der Waals surface area contributed by atoms with Gasteiger partial charge in [0.2, 0.25) is 0 Å². The highest BCUT2D eigenvalue weighted by molar-refractivity contribution is 6.07. The van der Waals surface area contributed by atoms with E-state index < -0.39 is 0 Å². The number of methoxy groups -OCH3 is 1. The van der Waals surface area contributed by atoms with Crippen molar-refractivity contribution in [1.29, 1.82) is 0 Å². The summed E-state index contributed by atoms with van der Waals surface area (Å²) in [4.78, 5) is 3.43. The SMILES string of the molecule is COc1ccc2c(c1)[nH]c1cc(OCc3ccccc3)ccc12. The number of aromatic amines is 1. The van der Waals surface area contributed by atoms with Crippen LogP contribution in [0.2, 0.25) is 0 Å². The molecule has 114 valence electrons. The first-order valence-electron chi connectivity index (χ1n) is 7.60. The number of benzene rings is 3. The van der Waals surface area contributed by atoms with Gasteiger partial charge in [-0.25, -0.2) is 0 Å².